The van der Waals surface area contributed by atoms with E-state index < -0.39 is 0 Å². The fourth-order valence-electron chi connectivity index (χ4n) is 3.52. The summed E-state index contributed by atoms with van der Waals surface area (Å²) in [4.78, 5) is 28.6. The van der Waals surface area contributed by atoms with E-state index >= 15 is 0 Å². The van der Waals surface area contributed by atoms with Crippen LogP contribution in [0, 0.1) is 5.92 Å². The summed E-state index contributed by atoms with van der Waals surface area (Å²) in [6, 6.07) is -0.0695. The Kier molecular flexibility index (Phi) is 5.72. The molecule has 3 aliphatic heterocycles. The van der Waals surface area contributed by atoms with E-state index in [0.717, 1.165) is 38.8 Å². The van der Waals surface area contributed by atoms with E-state index in [0.29, 0.717) is 39.4 Å². The first-order valence-electron chi connectivity index (χ1n) is 8.75. The maximum absolute atomic E-state index is 12.6. The van der Waals surface area contributed by atoms with E-state index in [1.165, 1.54) is 0 Å². The van der Waals surface area contributed by atoms with Crippen LogP contribution in [0.15, 0.2) is 0 Å². The van der Waals surface area contributed by atoms with Crippen LogP contribution in [0.3, 0.4) is 0 Å². The Morgan fingerprint density at radius 2 is 1.83 bits per heavy atom. The molecule has 3 amide bonds. The zero-order valence-electron chi connectivity index (χ0n) is 13.7. The third kappa shape index (κ3) is 4.35. The number of nitrogens with one attached hydrogen (secondary N) is 1. The lowest BCUT2D eigenvalue weighted by molar-refractivity contribution is -0.141. The van der Waals surface area contributed by atoms with E-state index in [9.17, 15) is 9.59 Å². The summed E-state index contributed by atoms with van der Waals surface area (Å²) in [7, 11) is 0. The van der Waals surface area contributed by atoms with Crippen LogP contribution in [0.5, 0.6) is 0 Å². The van der Waals surface area contributed by atoms with Gasteiger partial charge >= 0.3 is 6.03 Å². The topological polar surface area (TPSA) is 71.1 Å². The Labute approximate surface area is 137 Å². The van der Waals surface area contributed by atoms with Crippen molar-refractivity contribution in [1.29, 1.82) is 0 Å². The van der Waals surface area contributed by atoms with Crippen molar-refractivity contribution in [1.82, 2.24) is 15.1 Å². The van der Waals surface area contributed by atoms with Gasteiger partial charge in [0.15, 0.2) is 0 Å². The average molecular weight is 325 g/mol. The van der Waals surface area contributed by atoms with E-state index in [1.807, 2.05) is 4.90 Å². The van der Waals surface area contributed by atoms with Gasteiger partial charge in [-0.3, -0.25) is 4.79 Å². The second-order valence-corrected chi connectivity index (χ2v) is 6.54. The van der Waals surface area contributed by atoms with Crippen molar-refractivity contribution in [3.05, 3.63) is 0 Å². The fourth-order valence-corrected chi connectivity index (χ4v) is 3.52. The number of nitrogens with zero attached hydrogens (tertiary/aromatic N) is 2. The van der Waals surface area contributed by atoms with Crippen LogP contribution in [-0.2, 0) is 14.3 Å². The van der Waals surface area contributed by atoms with Gasteiger partial charge in [-0.05, 0) is 25.7 Å². The zero-order chi connectivity index (χ0) is 16.1. The first-order valence-corrected chi connectivity index (χ1v) is 8.75. The SMILES string of the molecule is O=C(NC[C@@H]1CCCO1)N1CCC[C@H](C(=O)N2CCOCC2)C1. The second-order valence-electron chi connectivity index (χ2n) is 6.54. The number of ether oxygens (including phenoxy) is 2. The van der Waals surface area contributed by atoms with Gasteiger partial charge in [0.25, 0.3) is 0 Å². The molecule has 0 aliphatic carbocycles. The molecule has 3 aliphatic rings. The summed E-state index contributed by atoms with van der Waals surface area (Å²) in [5.74, 6) is 0.0975. The molecule has 0 bridgehead atoms. The van der Waals surface area contributed by atoms with Gasteiger partial charge in [0, 0.05) is 39.3 Å². The minimum atomic E-state index is -0.0738. The molecule has 7 nitrogen and oxygen atoms in total. The molecule has 0 aromatic heterocycles. The van der Waals surface area contributed by atoms with Crippen LogP contribution in [0.2, 0.25) is 0 Å². The number of piperidine rings is 1. The van der Waals surface area contributed by atoms with Crippen LogP contribution in [-0.4, -0.2) is 80.4 Å². The Morgan fingerprint density at radius 3 is 2.57 bits per heavy atom. The number of hydrogen-bond acceptors (Lipinski definition) is 4. The predicted octanol–water partition coefficient (Wildman–Crippen LogP) is 0.446. The van der Waals surface area contributed by atoms with Crippen LogP contribution < -0.4 is 5.32 Å². The molecule has 0 spiro atoms. The first-order chi connectivity index (χ1) is 11.2. The fraction of sp³-hybridized carbons (Fsp3) is 0.875. The highest BCUT2D eigenvalue weighted by molar-refractivity contribution is 5.81. The molecular formula is C16H27N3O4. The highest BCUT2D eigenvalue weighted by Gasteiger charge is 2.32. The summed E-state index contributed by atoms with van der Waals surface area (Å²) in [6.07, 6.45) is 3.98. The molecular weight excluding hydrogens is 298 g/mol. The van der Waals surface area contributed by atoms with Crippen molar-refractivity contribution >= 4 is 11.9 Å². The maximum atomic E-state index is 12.6. The molecule has 3 fully saturated rings. The first kappa shape index (κ1) is 16.5. The van der Waals surface area contributed by atoms with Crippen LogP contribution in [0.4, 0.5) is 4.79 Å². The van der Waals surface area contributed by atoms with Gasteiger partial charge in [0.05, 0.1) is 25.2 Å². The van der Waals surface area contributed by atoms with E-state index in [4.69, 9.17) is 9.47 Å². The van der Waals surface area contributed by atoms with E-state index in [1.54, 1.807) is 4.90 Å². The van der Waals surface area contributed by atoms with E-state index in [2.05, 4.69) is 5.32 Å². The van der Waals surface area contributed by atoms with Crippen molar-refractivity contribution in [2.45, 2.75) is 31.8 Å². The molecule has 1 N–H and O–H groups in total. The van der Waals surface area contributed by atoms with Gasteiger partial charge in [0.2, 0.25) is 5.91 Å². The Hall–Kier alpha value is -1.34. The summed E-state index contributed by atoms with van der Waals surface area (Å²) in [5, 5.41) is 2.95. The Bertz CT molecular complexity index is 420. The molecule has 3 heterocycles. The quantitative estimate of drug-likeness (QED) is 0.818. The van der Waals surface area contributed by atoms with Crippen LogP contribution in [0.1, 0.15) is 25.7 Å². The number of likely N-dealkylation sites (tertiary alicyclic amines) is 1. The molecule has 0 unspecified atom stereocenters. The van der Waals surface area contributed by atoms with Crippen LogP contribution >= 0.6 is 0 Å². The molecule has 0 saturated carbocycles. The molecule has 0 aromatic carbocycles. The summed E-state index contributed by atoms with van der Waals surface area (Å²) in [6.45, 7) is 5.17. The third-order valence-electron chi connectivity index (χ3n) is 4.89. The maximum Gasteiger partial charge on any atom is 0.317 e. The number of urea groups is 1. The van der Waals surface area contributed by atoms with Gasteiger partial charge in [0.1, 0.15) is 0 Å². The van der Waals surface area contributed by atoms with E-state index in [-0.39, 0.29) is 24.0 Å². The van der Waals surface area contributed by atoms with Gasteiger partial charge in [-0.2, -0.15) is 0 Å². The highest BCUT2D eigenvalue weighted by Crippen LogP contribution is 2.20. The average Bonchev–Trinajstić information content (AvgIpc) is 3.13. The molecule has 7 heteroatoms. The second kappa shape index (κ2) is 7.97. The normalized spacial score (nSPS) is 28.7. The lowest BCUT2D eigenvalue weighted by atomic mass is 9.96. The minimum Gasteiger partial charge on any atom is -0.378 e. The molecule has 130 valence electrons. The summed E-state index contributed by atoms with van der Waals surface area (Å²) in [5.41, 5.74) is 0. The van der Waals surface area contributed by atoms with Crippen molar-refractivity contribution in [3.8, 4) is 0 Å². The monoisotopic (exact) mass is 325 g/mol. The number of carbonyl (C=O) groups excluding carboxylic acids is 2. The number of amides is 3. The lowest BCUT2D eigenvalue weighted by Gasteiger charge is -2.36. The van der Waals surface area contributed by atoms with Crippen molar-refractivity contribution in [2.24, 2.45) is 5.92 Å². The highest BCUT2D eigenvalue weighted by atomic mass is 16.5. The van der Waals surface area contributed by atoms with Gasteiger partial charge < -0.3 is 24.6 Å². The van der Waals surface area contributed by atoms with Gasteiger partial charge in [-0.25, -0.2) is 4.79 Å². The van der Waals surface area contributed by atoms with Gasteiger partial charge in [-0.1, -0.05) is 0 Å². The van der Waals surface area contributed by atoms with Crippen LogP contribution in [0.25, 0.3) is 0 Å². The Morgan fingerprint density at radius 1 is 1.00 bits per heavy atom. The number of hydrogen-bond donors (Lipinski definition) is 1. The zero-order valence-corrected chi connectivity index (χ0v) is 13.7. The van der Waals surface area contributed by atoms with Crippen molar-refractivity contribution in [3.63, 3.8) is 0 Å². The minimum absolute atomic E-state index is 0.0695. The lowest BCUT2D eigenvalue weighted by Crippen LogP contribution is -2.52. The molecule has 23 heavy (non-hydrogen) atoms. The van der Waals surface area contributed by atoms with Gasteiger partial charge in [-0.15, -0.1) is 0 Å². The largest absolute Gasteiger partial charge is 0.378 e. The molecule has 3 saturated heterocycles. The molecule has 3 rings (SSSR count). The third-order valence-corrected chi connectivity index (χ3v) is 4.89. The van der Waals surface area contributed by atoms with Crippen molar-refractivity contribution in [2.75, 3.05) is 52.5 Å². The molecule has 2 atom stereocenters. The van der Waals surface area contributed by atoms with Crippen molar-refractivity contribution < 1.29 is 19.1 Å². The molecule has 0 aromatic rings. The number of morpholine rings is 1. The summed E-state index contributed by atoms with van der Waals surface area (Å²) >= 11 is 0. The Balaban J connectivity index is 1.46. The summed E-state index contributed by atoms with van der Waals surface area (Å²) < 4.78 is 10.8. The number of carbonyl (C=O) groups is 2. The smallest absolute Gasteiger partial charge is 0.317 e. The number of rotatable bonds is 3. The standard InChI is InChI=1S/C16H27N3O4/c20-15(18-6-9-22-10-7-18)13-3-1-5-19(12-13)16(21)17-11-14-4-2-8-23-14/h13-14H,1-12H2,(H,17,21)/t13-,14-/m0/s1. The predicted molar refractivity (Wildman–Crippen MR) is 84.1 cm³/mol. The molecule has 0 radical (unpaired) electrons.